The lowest BCUT2D eigenvalue weighted by atomic mass is 10.2. The van der Waals surface area contributed by atoms with Crippen molar-refractivity contribution in [3.05, 3.63) is 30.1 Å². The summed E-state index contributed by atoms with van der Waals surface area (Å²) in [6.45, 7) is 2.46. The van der Waals surface area contributed by atoms with Gasteiger partial charge in [0.2, 0.25) is 11.8 Å². The second kappa shape index (κ2) is 7.42. The fraction of sp³-hybridized carbons (Fsp3) is 0.462. The van der Waals surface area contributed by atoms with Crippen LogP contribution in [-0.4, -0.2) is 41.8 Å². The molecule has 0 radical (unpaired) electrons. The topological polar surface area (TPSA) is 62.3 Å². The van der Waals surface area contributed by atoms with Crippen molar-refractivity contribution in [1.29, 1.82) is 0 Å². The molecule has 0 aliphatic rings. The first kappa shape index (κ1) is 14.2. The summed E-state index contributed by atoms with van der Waals surface area (Å²) in [6, 6.07) is 3.86. The third kappa shape index (κ3) is 4.95. The van der Waals surface area contributed by atoms with Crippen LogP contribution in [0.4, 0.5) is 0 Å². The van der Waals surface area contributed by atoms with Crippen LogP contribution in [0.25, 0.3) is 0 Å². The van der Waals surface area contributed by atoms with Crippen molar-refractivity contribution in [2.45, 2.75) is 19.8 Å². The number of amides is 2. The largest absolute Gasteiger partial charge is 0.347 e. The van der Waals surface area contributed by atoms with E-state index in [1.54, 1.807) is 31.3 Å². The lowest BCUT2D eigenvalue weighted by Gasteiger charge is -2.17. The molecule has 1 aromatic rings. The number of carbonyl (C=O) groups is 2. The Kier molecular flexibility index (Phi) is 5.84. The van der Waals surface area contributed by atoms with Crippen molar-refractivity contribution in [1.82, 2.24) is 15.2 Å². The van der Waals surface area contributed by atoms with Gasteiger partial charge in [-0.25, -0.2) is 0 Å². The highest BCUT2D eigenvalue weighted by molar-refractivity contribution is 5.84. The highest BCUT2D eigenvalue weighted by Gasteiger charge is 2.09. The first-order valence-corrected chi connectivity index (χ1v) is 6.03. The van der Waals surface area contributed by atoms with E-state index in [0.29, 0.717) is 13.0 Å². The Labute approximate surface area is 107 Å². The molecule has 1 heterocycles. The van der Waals surface area contributed by atoms with Crippen LogP contribution in [0.2, 0.25) is 0 Å². The molecule has 0 spiro atoms. The second-order valence-corrected chi connectivity index (χ2v) is 4.05. The van der Waals surface area contributed by atoms with E-state index in [-0.39, 0.29) is 18.4 Å². The van der Waals surface area contributed by atoms with Crippen molar-refractivity contribution in [2.75, 3.05) is 20.1 Å². The van der Waals surface area contributed by atoms with Crippen molar-refractivity contribution in [2.24, 2.45) is 0 Å². The second-order valence-electron chi connectivity index (χ2n) is 4.05. The van der Waals surface area contributed by atoms with Gasteiger partial charge in [0.25, 0.3) is 0 Å². The maximum atomic E-state index is 11.7. The molecule has 2 amide bonds. The third-order valence-electron chi connectivity index (χ3n) is 2.67. The lowest BCUT2D eigenvalue weighted by molar-refractivity contribution is -0.131. The molecule has 18 heavy (non-hydrogen) atoms. The smallest absolute Gasteiger partial charge is 0.241 e. The number of nitrogens with zero attached hydrogens (tertiary/aromatic N) is 2. The molecule has 0 fully saturated rings. The molecule has 98 valence electrons. The molecule has 0 aliphatic carbocycles. The third-order valence-corrected chi connectivity index (χ3v) is 2.67. The number of rotatable bonds is 6. The summed E-state index contributed by atoms with van der Waals surface area (Å²) >= 11 is 0. The first-order valence-electron chi connectivity index (χ1n) is 6.03. The average molecular weight is 249 g/mol. The molecule has 0 aromatic carbocycles. The molecular formula is C13H19N3O2. The van der Waals surface area contributed by atoms with E-state index < -0.39 is 0 Å². The van der Waals surface area contributed by atoms with E-state index in [0.717, 1.165) is 12.0 Å². The summed E-state index contributed by atoms with van der Waals surface area (Å²) in [5.41, 5.74) is 1.14. The molecular weight excluding hydrogens is 230 g/mol. The maximum Gasteiger partial charge on any atom is 0.241 e. The summed E-state index contributed by atoms with van der Waals surface area (Å²) < 4.78 is 0. The van der Waals surface area contributed by atoms with Crippen molar-refractivity contribution in [3.8, 4) is 0 Å². The van der Waals surface area contributed by atoms with E-state index in [4.69, 9.17) is 0 Å². The van der Waals surface area contributed by atoms with Gasteiger partial charge in [-0.15, -0.1) is 0 Å². The van der Waals surface area contributed by atoms with Gasteiger partial charge in [0.05, 0.1) is 6.54 Å². The van der Waals surface area contributed by atoms with E-state index in [1.807, 2.05) is 12.1 Å². The normalized spacial score (nSPS) is 9.89. The number of nitrogens with one attached hydrogen (secondary N) is 1. The monoisotopic (exact) mass is 249 g/mol. The Bertz CT molecular complexity index is 392. The molecule has 1 rings (SSSR count). The van der Waals surface area contributed by atoms with Crippen LogP contribution < -0.4 is 5.32 Å². The Morgan fingerprint density at radius 1 is 1.33 bits per heavy atom. The van der Waals surface area contributed by atoms with Crippen LogP contribution in [0.15, 0.2) is 24.5 Å². The summed E-state index contributed by atoms with van der Waals surface area (Å²) in [5, 5.41) is 2.57. The van der Waals surface area contributed by atoms with E-state index in [9.17, 15) is 9.59 Å². The van der Waals surface area contributed by atoms with Gasteiger partial charge in [-0.05, 0) is 24.1 Å². The Morgan fingerprint density at radius 2 is 2.00 bits per heavy atom. The Balaban J connectivity index is 2.30. The average Bonchev–Trinajstić information content (AvgIpc) is 2.42. The van der Waals surface area contributed by atoms with Gasteiger partial charge < -0.3 is 10.2 Å². The molecule has 0 atom stereocenters. The van der Waals surface area contributed by atoms with Crippen LogP contribution in [0.3, 0.4) is 0 Å². The van der Waals surface area contributed by atoms with Gasteiger partial charge in [-0.3, -0.25) is 14.6 Å². The lowest BCUT2D eigenvalue weighted by Crippen LogP contribution is -2.38. The van der Waals surface area contributed by atoms with Crippen LogP contribution >= 0.6 is 0 Å². The van der Waals surface area contributed by atoms with Crippen LogP contribution in [0.5, 0.6) is 0 Å². The zero-order valence-electron chi connectivity index (χ0n) is 10.8. The molecule has 5 heteroatoms. The predicted octanol–water partition coefficient (Wildman–Crippen LogP) is 0.609. The van der Waals surface area contributed by atoms with Gasteiger partial charge in [-0.2, -0.15) is 0 Å². The van der Waals surface area contributed by atoms with E-state index >= 15 is 0 Å². The van der Waals surface area contributed by atoms with Crippen LogP contribution in [0.1, 0.15) is 18.9 Å². The number of carbonyl (C=O) groups excluding carboxylic acids is 2. The minimum absolute atomic E-state index is 0.0690. The number of hydrogen-bond donors (Lipinski definition) is 1. The number of likely N-dealkylation sites (N-methyl/N-ethyl adjacent to an activating group) is 1. The Morgan fingerprint density at radius 3 is 2.61 bits per heavy atom. The molecule has 1 aromatic heterocycles. The number of pyridine rings is 1. The summed E-state index contributed by atoms with van der Waals surface area (Å²) in [6.07, 6.45) is 4.65. The molecule has 1 N–H and O–H groups in total. The molecule has 0 aliphatic heterocycles. The van der Waals surface area contributed by atoms with Crippen LogP contribution in [-0.2, 0) is 16.0 Å². The van der Waals surface area contributed by atoms with Crippen molar-refractivity contribution < 1.29 is 9.59 Å². The zero-order chi connectivity index (χ0) is 13.4. The molecule has 0 unspecified atom stereocenters. The number of hydrogen-bond acceptors (Lipinski definition) is 3. The predicted molar refractivity (Wildman–Crippen MR) is 68.9 cm³/mol. The molecule has 5 nitrogen and oxygen atoms in total. The standard InChI is InChI=1S/C13H19N3O2/c1-3-12(17)15-10-13(18)16(2)9-6-11-4-7-14-8-5-11/h4-5,7-8H,3,6,9-10H2,1-2H3,(H,15,17). The van der Waals surface area contributed by atoms with Crippen LogP contribution in [0, 0.1) is 0 Å². The molecule has 0 bridgehead atoms. The van der Waals surface area contributed by atoms with Gasteiger partial charge >= 0.3 is 0 Å². The maximum absolute atomic E-state index is 11.7. The Hall–Kier alpha value is -1.91. The van der Waals surface area contributed by atoms with Gasteiger partial charge in [0.1, 0.15) is 0 Å². The fourth-order valence-corrected chi connectivity index (χ4v) is 1.41. The highest BCUT2D eigenvalue weighted by Crippen LogP contribution is 1.98. The van der Waals surface area contributed by atoms with Gasteiger partial charge in [-0.1, -0.05) is 6.92 Å². The van der Waals surface area contributed by atoms with Gasteiger partial charge in [0, 0.05) is 32.4 Å². The fourth-order valence-electron chi connectivity index (χ4n) is 1.41. The summed E-state index contributed by atoms with van der Waals surface area (Å²) in [7, 11) is 1.74. The summed E-state index contributed by atoms with van der Waals surface area (Å²) in [5.74, 6) is -0.184. The van der Waals surface area contributed by atoms with Gasteiger partial charge in [0.15, 0.2) is 0 Å². The minimum Gasteiger partial charge on any atom is -0.347 e. The quantitative estimate of drug-likeness (QED) is 0.803. The zero-order valence-corrected chi connectivity index (χ0v) is 10.8. The highest BCUT2D eigenvalue weighted by atomic mass is 16.2. The molecule has 0 saturated heterocycles. The van der Waals surface area contributed by atoms with Crippen molar-refractivity contribution >= 4 is 11.8 Å². The number of aromatic nitrogens is 1. The summed E-state index contributed by atoms with van der Waals surface area (Å²) in [4.78, 5) is 28.3. The van der Waals surface area contributed by atoms with E-state index in [1.165, 1.54) is 0 Å². The van der Waals surface area contributed by atoms with E-state index in [2.05, 4.69) is 10.3 Å². The first-order chi connectivity index (χ1) is 8.63. The SMILES string of the molecule is CCC(=O)NCC(=O)N(C)CCc1ccncc1. The minimum atomic E-state index is -0.106. The van der Waals surface area contributed by atoms with Crippen molar-refractivity contribution in [3.63, 3.8) is 0 Å². The molecule has 0 saturated carbocycles.